The molecular weight excluding hydrogens is 386 g/mol. The van der Waals surface area contributed by atoms with E-state index in [1.165, 1.54) is 12.4 Å². The van der Waals surface area contributed by atoms with Crippen molar-refractivity contribution < 1.29 is 13.2 Å². The van der Waals surface area contributed by atoms with Crippen molar-refractivity contribution >= 4 is 28.3 Å². The second kappa shape index (κ2) is 8.46. The van der Waals surface area contributed by atoms with Gasteiger partial charge in [-0.05, 0) is 51.3 Å². The molecule has 1 aromatic heterocycles. The van der Waals surface area contributed by atoms with Gasteiger partial charge in [-0.3, -0.25) is 4.79 Å². The molecule has 1 amide bonds. The molecule has 1 aliphatic rings. The zero-order valence-electron chi connectivity index (χ0n) is 15.5. The predicted octanol–water partition coefficient (Wildman–Crippen LogP) is 2.80. The highest BCUT2D eigenvalue weighted by atomic mass is 35.5. The van der Waals surface area contributed by atoms with Gasteiger partial charge in [0.2, 0.25) is 0 Å². The van der Waals surface area contributed by atoms with Crippen molar-refractivity contribution in [2.45, 2.75) is 50.1 Å². The predicted molar refractivity (Wildman–Crippen MR) is 108 cm³/mol. The van der Waals surface area contributed by atoms with Gasteiger partial charge in [-0.25, -0.2) is 12.4 Å². The number of amides is 1. The summed E-state index contributed by atoms with van der Waals surface area (Å²) in [7, 11) is -3.71. The molecule has 2 heterocycles. The first kappa shape index (κ1) is 21.5. The lowest BCUT2D eigenvalue weighted by molar-refractivity contribution is 0.0584. The van der Waals surface area contributed by atoms with Crippen LogP contribution in [0.1, 0.15) is 42.1 Å². The molecule has 2 unspecified atom stereocenters. The number of benzene rings is 1. The summed E-state index contributed by atoms with van der Waals surface area (Å²) < 4.78 is 26.6. The van der Waals surface area contributed by atoms with E-state index in [1.54, 1.807) is 35.2 Å². The van der Waals surface area contributed by atoms with E-state index in [0.717, 1.165) is 28.8 Å². The molecule has 0 aliphatic carbocycles. The number of aromatic nitrogens is 1. The third-order valence-electron chi connectivity index (χ3n) is 4.93. The summed E-state index contributed by atoms with van der Waals surface area (Å²) in [4.78, 5) is 14.9. The van der Waals surface area contributed by atoms with Crippen LogP contribution in [-0.2, 0) is 10.0 Å². The molecule has 2 N–H and O–H groups in total. The summed E-state index contributed by atoms with van der Waals surface area (Å²) in [6.07, 6.45) is 5.69. The lowest BCUT2D eigenvalue weighted by atomic mass is 9.96. The van der Waals surface area contributed by atoms with Crippen LogP contribution >= 0.6 is 12.4 Å². The number of hydrogen-bond donors (Lipinski definition) is 1. The number of piperidine rings is 1. The highest BCUT2D eigenvalue weighted by Gasteiger charge is 2.30. The second-order valence-corrected chi connectivity index (χ2v) is 8.81. The van der Waals surface area contributed by atoms with Gasteiger partial charge in [-0.2, -0.15) is 0 Å². The maximum atomic E-state index is 12.9. The summed E-state index contributed by atoms with van der Waals surface area (Å²) >= 11 is 0. The third-order valence-corrected chi connectivity index (χ3v) is 6.58. The molecule has 27 heavy (non-hydrogen) atoms. The zero-order chi connectivity index (χ0) is 18.9. The standard InChI is InChI=1S/C19H25N3O3S.ClH/c1-14-6-8-17(9-7-14)26(24,25)21-12-10-16(13-21)19(23)22-11-4-3-5-18(22)15(2)20;/h6-10,12-13,15,18H,3-5,11,20H2,1-2H3;1H. The van der Waals surface area contributed by atoms with Crippen molar-refractivity contribution in [1.29, 1.82) is 0 Å². The summed E-state index contributed by atoms with van der Waals surface area (Å²) in [5, 5.41) is 0. The lowest BCUT2D eigenvalue weighted by Gasteiger charge is -2.37. The summed E-state index contributed by atoms with van der Waals surface area (Å²) in [5.74, 6) is -0.162. The highest BCUT2D eigenvalue weighted by Crippen LogP contribution is 2.23. The van der Waals surface area contributed by atoms with Crippen LogP contribution in [0.2, 0.25) is 0 Å². The maximum absolute atomic E-state index is 12.9. The van der Waals surface area contributed by atoms with Gasteiger partial charge in [0.25, 0.3) is 15.9 Å². The molecule has 0 bridgehead atoms. The van der Waals surface area contributed by atoms with Gasteiger partial charge in [-0.1, -0.05) is 17.7 Å². The zero-order valence-corrected chi connectivity index (χ0v) is 17.2. The molecule has 8 heteroatoms. The minimum absolute atomic E-state index is 0. The number of hydrogen-bond acceptors (Lipinski definition) is 4. The number of nitrogens with zero attached hydrogens (tertiary/aromatic N) is 2. The van der Waals surface area contributed by atoms with Crippen LogP contribution in [-0.4, -0.2) is 41.8 Å². The molecule has 2 aromatic rings. The number of aryl methyl sites for hydroxylation is 1. The Kier molecular flexibility index (Phi) is 6.72. The summed E-state index contributed by atoms with van der Waals surface area (Å²) in [5.41, 5.74) is 7.40. The molecule has 148 valence electrons. The fraction of sp³-hybridized carbons (Fsp3) is 0.421. The number of nitrogens with two attached hydrogens (primary N) is 1. The van der Waals surface area contributed by atoms with Crippen molar-refractivity contribution in [3.63, 3.8) is 0 Å². The number of carbonyl (C=O) groups excluding carboxylic acids is 1. The largest absolute Gasteiger partial charge is 0.334 e. The van der Waals surface area contributed by atoms with Gasteiger partial charge in [0.1, 0.15) is 0 Å². The first-order chi connectivity index (χ1) is 12.3. The quantitative estimate of drug-likeness (QED) is 0.838. The molecule has 3 rings (SSSR count). The summed E-state index contributed by atoms with van der Waals surface area (Å²) in [6.45, 7) is 4.46. The molecule has 2 atom stereocenters. The van der Waals surface area contributed by atoms with Gasteiger partial charge in [0, 0.05) is 31.0 Å². The molecule has 1 saturated heterocycles. The smallest absolute Gasteiger partial charge is 0.267 e. The van der Waals surface area contributed by atoms with Crippen LogP contribution in [0.15, 0.2) is 47.6 Å². The number of halogens is 1. The Balaban J connectivity index is 0.00000261. The lowest BCUT2D eigenvalue weighted by Crippen LogP contribution is -2.51. The fourth-order valence-corrected chi connectivity index (χ4v) is 4.60. The molecule has 1 fully saturated rings. The van der Waals surface area contributed by atoms with Gasteiger partial charge in [0.15, 0.2) is 0 Å². The van der Waals surface area contributed by atoms with Crippen LogP contribution in [0.4, 0.5) is 0 Å². The van der Waals surface area contributed by atoms with E-state index in [4.69, 9.17) is 5.73 Å². The topological polar surface area (TPSA) is 85.4 Å². The number of rotatable bonds is 4. The van der Waals surface area contributed by atoms with Gasteiger partial charge in [0.05, 0.1) is 10.5 Å². The Morgan fingerprint density at radius 3 is 2.48 bits per heavy atom. The van der Waals surface area contributed by atoms with Crippen LogP contribution in [0, 0.1) is 6.92 Å². The minimum Gasteiger partial charge on any atom is -0.334 e. The van der Waals surface area contributed by atoms with E-state index in [9.17, 15) is 13.2 Å². The van der Waals surface area contributed by atoms with Crippen LogP contribution < -0.4 is 5.73 Å². The molecule has 0 spiro atoms. The van der Waals surface area contributed by atoms with E-state index < -0.39 is 10.0 Å². The molecule has 1 aliphatic heterocycles. The van der Waals surface area contributed by atoms with Crippen molar-refractivity contribution in [2.24, 2.45) is 5.73 Å². The van der Waals surface area contributed by atoms with Crippen LogP contribution in [0.3, 0.4) is 0 Å². The Hall–Kier alpha value is -1.83. The Morgan fingerprint density at radius 1 is 1.19 bits per heavy atom. The van der Waals surface area contributed by atoms with E-state index >= 15 is 0 Å². The molecular formula is C19H26ClN3O3S. The monoisotopic (exact) mass is 411 g/mol. The fourth-order valence-electron chi connectivity index (χ4n) is 3.41. The highest BCUT2D eigenvalue weighted by molar-refractivity contribution is 7.90. The van der Waals surface area contributed by atoms with E-state index in [-0.39, 0.29) is 35.3 Å². The third kappa shape index (κ3) is 4.36. The molecule has 1 aromatic carbocycles. The average Bonchev–Trinajstić information content (AvgIpc) is 3.12. The Bertz CT molecular complexity index is 891. The number of carbonyl (C=O) groups is 1. The number of likely N-dealkylation sites (tertiary alicyclic amines) is 1. The first-order valence-corrected chi connectivity index (χ1v) is 10.3. The first-order valence-electron chi connectivity index (χ1n) is 8.87. The van der Waals surface area contributed by atoms with Crippen molar-refractivity contribution in [3.8, 4) is 0 Å². The van der Waals surface area contributed by atoms with Crippen LogP contribution in [0.5, 0.6) is 0 Å². The Morgan fingerprint density at radius 2 is 1.85 bits per heavy atom. The maximum Gasteiger partial charge on any atom is 0.267 e. The normalized spacial score (nSPS) is 18.6. The van der Waals surface area contributed by atoms with E-state index in [0.29, 0.717) is 12.1 Å². The van der Waals surface area contributed by atoms with Crippen LogP contribution in [0.25, 0.3) is 0 Å². The van der Waals surface area contributed by atoms with Crippen molar-refractivity contribution in [3.05, 3.63) is 53.9 Å². The second-order valence-electron chi connectivity index (χ2n) is 6.97. The van der Waals surface area contributed by atoms with Gasteiger partial charge in [-0.15, -0.1) is 12.4 Å². The Labute approximate surface area is 166 Å². The van der Waals surface area contributed by atoms with Crippen molar-refractivity contribution in [2.75, 3.05) is 6.54 Å². The molecule has 6 nitrogen and oxygen atoms in total. The van der Waals surface area contributed by atoms with Gasteiger partial charge >= 0.3 is 0 Å². The average molecular weight is 412 g/mol. The minimum atomic E-state index is -3.71. The summed E-state index contributed by atoms with van der Waals surface area (Å²) in [6, 6.07) is 8.09. The van der Waals surface area contributed by atoms with Crippen molar-refractivity contribution in [1.82, 2.24) is 8.87 Å². The van der Waals surface area contributed by atoms with E-state index in [2.05, 4.69) is 0 Å². The SMILES string of the molecule is Cc1ccc(S(=O)(=O)n2ccc(C(=O)N3CCCCC3C(C)N)c2)cc1.Cl. The van der Waals surface area contributed by atoms with E-state index in [1.807, 2.05) is 13.8 Å². The van der Waals surface area contributed by atoms with Gasteiger partial charge < -0.3 is 10.6 Å². The molecule has 0 radical (unpaired) electrons. The molecule has 0 saturated carbocycles.